The fraction of sp³-hybridized carbons (Fsp3) is 0.360. The van der Waals surface area contributed by atoms with E-state index in [9.17, 15) is 9.59 Å². The summed E-state index contributed by atoms with van der Waals surface area (Å²) >= 11 is 0. The van der Waals surface area contributed by atoms with Crippen LogP contribution in [0.2, 0.25) is 0 Å². The quantitative estimate of drug-likeness (QED) is 0.648. The van der Waals surface area contributed by atoms with Crippen LogP contribution in [0, 0.1) is 0 Å². The second kappa shape index (κ2) is 9.15. The number of nitrogens with zero attached hydrogens (tertiary/aromatic N) is 4. The maximum atomic E-state index is 13.0. The average Bonchev–Trinajstić information content (AvgIpc) is 3.35. The van der Waals surface area contributed by atoms with Crippen molar-refractivity contribution in [2.75, 3.05) is 26.7 Å². The molecule has 0 unspecified atom stereocenters. The molecule has 0 aliphatic carbocycles. The summed E-state index contributed by atoms with van der Waals surface area (Å²) in [5.41, 5.74) is 3.08. The van der Waals surface area contributed by atoms with Crippen molar-refractivity contribution in [1.82, 2.24) is 24.8 Å². The van der Waals surface area contributed by atoms with Crippen molar-refractivity contribution in [3.05, 3.63) is 87.4 Å². The highest BCUT2D eigenvalue weighted by Gasteiger charge is 2.31. The van der Waals surface area contributed by atoms with E-state index in [1.807, 2.05) is 24.3 Å². The Balaban J connectivity index is 1.29. The molecule has 1 atom stereocenters. The molecule has 0 bridgehead atoms. The van der Waals surface area contributed by atoms with Gasteiger partial charge in [-0.05, 0) is 24.6 Å². The third-order valence-corrected chi connectivity index (χ3v) is 6.50. The van der Waals surface area contributed by atoms with Crippen LogP contribution in [0.15, 0.2) is 53.5 Å². The number of carbonyl (C=O) groups excluding carboxylic acids is 1. The number of carbonyl (C=O) groups is 1. The summed E-state index contributed by atoms with van der Waals surface area (Å²) in [6.45, 7) is 3.28. The van der Waals surface area contributed by atoms with Crippen LogP contribution in [0.3, 0.4) is 0 Å². The molecular formula is C25H27N5O3. The van der Waals surface area contributed by atoms with E-state index in [4.69, 9.17) is 9.72 Å². The van der Waals surface area contributed by atoms with Crippen LogP contribution in [0.4, 0.5) is 0 Å². The number of para-hydroxylation sites is 1. The molecule has 4 heterocycles. The van der Waals surface area contributed by atoms with E-state index in [2.05, 4.69) is 20.9 Å². The van der Waals surface area contributed by atoms with Gasteiger partial charge in [0.25, 0.3) is 11.5 Å². The molecule has 0 saturated carbocycles. The molecular weight excluding hydrogens is 418 g/mol. The van der Waals surface area contributed by atoms with Crippen LogP contribution in [-0.4, -0.2) is 57.4 Å². The van der Waals surface area contributed by atoms with Gasteiger partial charge in [0.05, 0.1) is 18.4 Å². The summed E-state index contributed by atoms with van der Waals surface area (Å²) in [4.78, 5) is 41.7. The van der Waals surface area contributed by atoms with E-state index >= 15 is 0 Å². The SMILES string of the molecule is COc1ccccc1CN1CCc2nc([C@H]3CCN(C(=O)c4ccccn4)C3)[nH]c(=O)c2C1. The predicted octanol–water partition coefficient (Wildman–Crippen LogP) is 2.36. The van der Waals surface area contributed by atoms with Gasteiger partial charge in [0.1, 0.15) is 17.3 Å². The number of hydrogen-bond donors (Lipinski definition) is 1. The third kappa shape index (κ3) is 4.39. The number of benzene rings is 1. The minimum atomic E-state index is -0.0783. The number of H-pyrrole nitrogens is 1. The number of amides is 1. The lowest BCUT2D eigenvalue weighted by Crippen LogP contribution is -2.36. The minimum Gasteiger partial charge on any atom is -0.496 e. The maximum Gasteiger partial charge on any atom is 0.272 e. The first-order chi connectivity index (χ1) is 16.1. The monoisotopic (exact) mass is 445 g/mol. The molecule has 8 heteroatoms. The number of likely N-dealkylation sites (tertiary alicyclic amines) is 1. The molecule has 1 aromatic carbocycles. The molecule has 3 aromatic rings. The Bertz CT molecular complexity index is 1210. The van der Waals surface area contributed by atoms with E-state index in [1.165, 1.54) is 0 Å². The van der Waals surface area contributed by atoms with Gasteiger partial charge in [-0.15, -0.1) is 0 Å². The van der Waals surface area contributed by atoms with Crippen molar-refractivity contribution in [3.63, 3.8) is 0 Å². The fourth-order valence-electron chi connectivity index (χ4n) is 4.72. The number of hydrogen-bond acceptors (Lipinski definition) is 6. The van der Waals surface area contributed by atoms with Crippen LogP contribution < -0.4 is 10.3 Å². The highest BCUT2D eigenvalue weighted by atomic mass is 16.5. The molecule has 5 rings (SSSR count). The van der Waals surface area contributed by atoms with Crippen LogP contribution in [0.25, 0.3) is 0 Å². The van der Waals surface area contributed by atoms with Gasteiger partial charge in [-0.2, -0.15) is 0 Å². The van der Waals surface area contributed by atoms with E-state index < -0.39 is 0 Å². The molecule has 1 fully saturated rings. The molecule has 8 nitrogen and oxygen atoms in total. The first-order valence-corrected chi connectivity index (χ1v) is 11.3. The molecule has 1 N–H and O–H groups in total. The number of ether oxygens (including phenoxy) is 1. The Morgan fingerprint density at radius 3 is 2.85 bits per heavy atom. The van der Waals surface area contributed by atoms with E-state index in [1.54, 1.807) is 30.3 Å². The van der Waals surface area contributed by atoms with Crippen molar-refractivity contribution < 1.29 is 9.53 Å². The molecule has 2 aliphatic rings. The molecule has 2 aromatic heterocycles. The Hall–Kier alpha value is -3.52. The van der Waals surface area contributed by atoms with E-state index in [0.717, 1.165) is 48.5 Å². The molecule has 33 heavy (non-hydrogen) atoms. The van der Waals surface area contributed by atoms with Crippen molar-refractivity contribution in [1.29, 1.82) is 0 Å². The van der Waals surface area contributed by atoms with Crippen LogP contribution >= 0.6 is 0 Å². The number of nitrogens with one attached hydrogen (secondary N) is 1. The van der Waals surface area contributed by atoms with Crippen molar-refractivity contribution in [2.24, 2.45) is 0 Å². The highest BCUT2D eigenvalue weighted by molar-refractivity contribution is 5.92. The van der Waals surface area contributed by atoms with E-state index in [0.29, 0.717) is 31.2 Å². The summed E-state index contributed by atoms with van der Waals surface area (Å²) in [5, 5.41) is 0. The van der Waals surface area contributed by atoms with Gasteiger partial charge >= 0.3 is 0 Å². The average molecular weight is 446 g/mol. The molecule has 1 amide bonds. The third-order valence-electron chi connectivity index (χ3n) is 6.50. The van der Waals surface area contributed by atoms with Gasteiger partial charge in [-0.1, -0.05) is 24.3 Å². The summed E-state index contributed by atoms with van der Waals surface area (Å²) in [5.74, 6) is 1.50. The lowest BCUT2D eigenvalue weighted by atomic mass is 10.0. The smallest absolute Gasteiger partial charge is 0.272 e. The summed E-state index contributed by atoms with van der Waals surface area (Å²) in [7, 11) is 1.68. The zero-order chi connectivity index (χ0) is 22.8. The largest absolute Gasteiger partial charge is 0.496 e. The van der Waals surface area contributed by atoms with Gasteiger partial charge in [0.15, 0.2) is 0 Å². The first kappa shape index (κ1) is 21.3. The number of pyridine rings is 1. The molecule has 1 saturated heterocycles. The van der Waals surface area contributed by atoms with Crippen LogP contribution in [-0.2, 0) is 19.5 Å². The zero-order valence-electron chi connectivity index (χ0n) is 18.7. The summed E-state index contributed by atoms with van der Waals surface area (Å²) in [6.07, 6.45) is 3.13. The topological polar surface area (TPSA) is 91.4 Å². The molecule has 0 spiro atoms. The summed E-state index contributed by atoms with van der Waals surface area (Å²) in [6, 6.07) is 13.3. The Morgan fingerprint density at radius 2 is 2.03 bits per heavy atom. The fourth-order valence-corrected chi connectivity index (χ4v) is 4.72. The normalized spacial score (nSPS) is 18.2. The lowest BCUT2D eigenvalue weighted by molar-refractivity contribution is 0.0784. The minimum absolute atomic E-state index is 0.0299. The van der Waals surface area contributed by atoms with Gasteiger partial charge in [0.2, 0.25) is 0 Å². The standard InChI is InChI=1S/C25H27N5O3/c1-33-22-8-3-2-6-17(22)14-29-12-10-20-19(16-29)24(31)28-23(27-20)18-9-13-30(15-18)25(32)21-7-4-5-11-26-21/h2-8,11,18H,9-10,12-16H2,1H3,(H,27,28,31)/t18-/m0/s1. The van der Waals surface area contributed by atoms with Gasteiger partial charge < -0.3 is 14.6 Å². The van der Waals surface area contributed by atoms with Crippen LogP contribution in [0.1, 0.15) is 45.5 Å². The molecule has 2 aliphatic heterocycles. The van der Waals surface area contributed by atoms with Gasteiger partial charge in [-0.25, -0.2) is 4.98 Å². The Labute approximate surface area is 192 Å². The zero-order valence-corrected chi connectivity index (χ0v) is 18.7. The summed E-state index contributed by atoms with van der Waals surface area (Å²) < 4.78 is 5.47. The number of rotatable bonds is 5. The second-order valence-corrected chi connectivity index (χ2v) is 8.60. The van der Waals surface area contributed by atoms with E-state index in [-0.39, 0.29) is 17.4 Å². The molecule has 170 valence electrons. The number of fused-ring (bicyclic) bond motifs is 1. The second-order valence-electron chi connectivity index (χ2n) is 8.60. The Morgan fingerprint density at radius 1 is 1.18 bits per heavy atom. The Kier molecular flexibility index (Phi) is 5.92. The number of methoxy groups -OCH3 is 1. The first-order valence-electron chi connectivity index (χ1n) is 11.3. The number of aromatic nitrogens is 3. The number of aromatic amines is 1. The van der Waals surface area contributed by atoms with Crippen LogP contribution in [0.5, 0.6) is 5.75 Å². The van der Waals surface area contributed by atoms with Gasteiger partial charge in [-0.3, -0.25) is 19.5 Å². The van der Waals surface area contributed by atoms with Gasteiger partial charge in [0, 0.05) is 56.8 Å². The van der Waals surface area contributed by atoms with Crippen molar-refractivity contribution in [2.45, 2.75) is 31.8 Å². The van der Waals surface area contributed by atoms with Crippen molar-refractivity contribution in [3.8, 4) is 5.75 Å². The maximum absolute atomic E-state index is 13.0. The van der Waals surface area contributed by atoms with Crippen molar-refractivity contribution >= 4 is 5.91 Å². The molecule has 0 radical (unpaired) electrons. The highest BCUT2D eigenvalue weighted by Crippen LogP contribution is 2.27. The lowest BCUT2D eigenvalue weighted by Gasteiger charge is -2.28. The predicted molar refractivity (Wildman–Crippen MR) is 123 cm³/mol.